The maximum atomic E-state index is 12.7. The van der Waals surface area contributed by atoms with Crippen LogP contribution in [0.1, 0.15) is 37.0 Å². The molecule has 0 bridgehead atoms. The van der Waals surface area contributed by atoms with Gasteiger partial charge in [-0.15, -0.1) is 6.42 Å². The van der Waals surface area contributed by atoms with Crippen molar-refractivity contribution in [2.24, 2.45) is 5.92 Å². The topological polar surface area (TPSA) is 26.3 Å². The van der Waals surface area contributed by atoms with Gasteiger partial charge in [-0.3, -0.25) is 0 Å². The first kappa shape index (κ1) is 18.5. The fourth-order valence-electron chi connectivity index (χ4n) is 3.77. The molecule has 0 saturated heterocycles. The third kappa shape index (κ3) is 3.37. The number of thiophene rings is 1. The second kappa shape index (κ2) is 7.30. The summed E-state index contributed by atoms with van der Waals surface area (Å²) in [5.41, 5.74) is 0.921. The van der Waals surface area contributed by atoms with E-state index in [0.29, 0.717) is 5.56 Å². The quantitative estimate of drug-likeness (QED) is 0.221. The zero-order chi connectivity index (χ0) is 19.7. The van der Waals surface area contributed by atoms with Crippen molar-refractivity contribution in [1.82, 2.24) is 0 Å². The van der Waals surface area contributed by atoms with Gasteiger partial charge in [0.15, 0.2) is 15.2 Å². The van der Waals surface area contributed by atoms with E-state index in [1.54, 1.807) is 0 Å². The molecular formula is C25H23O2S+. The van der Waals surface area contributed by atoms with Gasteiger partial charge in [-0.1, -0.05) is 29.7 Å². The third-order valence-corrected chi connectivity index (χ3v) is 7.55. The highest BCUT2D eigenvalue weighted by Crippen LogP contribution is 2.40. The molecule has 1 aliphatic rings. The van der Waals surface area contributed by atoms with Crippen LogP contribution in [0.25, 0.3) is 15.0 Å². The van der Waals surface area contributed by atoms with Gasteiger partial charge in [0.2, 0.25) is 0 Å². The van der Waals surface area contributed by atoms with Gasteiger partial charge in [0.1, 0.15) is 5.38 Å². The van der Waals surface area contributed by atoms with E-state index in [1.165, 1.54) is 20.6 Å². The van der Waals surface area contributed by atoms with E-state index in [0.717, 1.165) is 12.8 Å². The lowest BCUT2D eigenvalue weighted by Crippen LogP contribution is -2.36. The smallest absolute Gasteiger partial charge is 0.339 e. The highest BCUT2D eigenvalue weighted by molar-refractivity contribution is 7.43. The molecule has 28 heavy (non-hydrogen) atoms. The van der Waals surface area contributed by atoms with Crippen molar-refractivity contribution in [1.29, 1.82) is 0 Å². The SMILES string of the molecule is C#CC(C)(OC(=O)c1ccc(-[s+]2ccc3ccccc32)cc1)C1C=C(C)CC1. The number of carbonyl (C=O) groups excluding carboxylic acids is 1. The van der Waals surface area contributed by atoms with Crippen LogP contribution in [0.3, 0.4) is 0 Å². The molecule has 0 amide bonds. The van der Waals surface area contributed by atoms with Crippen molar-refractivity contribution in [2.45, 2.75) is 32.3 Å². The maximum Gasteiger partial charge on any atom is 0.339 e. The molecular weight excluding hydrogens is 364 g/mol. The van der Waals surface area contributed by atoms with Gasteiger partial charge in [0, 0.05) is 27.8 Å². The molecule has 3 atom stereocenters. The molecule has 1 aromatic heterocycles. The van der Waals surface area contributed by atoms with Crippen LogP contribution in [0.4, 0.5) is 0 Å². The molecule has 140 valence electrons. The molecule has 0 spiro atoms. The lowest BCUT2D eigenvalue weighted by atomic mass is 9.89. The van der Waals surface area contributed by atoms with Crippen molar-refractivity contribution in [3.05, 3.63) is 77.2 Å². The number of allylic oxidation sites excluding steroid dienone is 1. The fraction of sp³-hybridized carbons (Fsp3) is 0.240. The minimum Gasteiger partial charge on any atom is -0.442 e. The van der Waals surface area contributed by atoms with Crippen molar-refractivity contribution in [3.63, 3.8) is 0 Å². The average Bonchev–Trinajstić information content (AvgIpc) is 3.34. The Kier molecular flexibility index (Phi) is 4.83. The van der Waals surface area contributed by atoms with E-state index in [9.17, 15) is 4.79 Å². The van der Waals surface area contributed by atoms with Gasteiger partial charge in [0.25, 0.3) is 0 Å². The summed E-state index contributed by atoms with van der Waals surface area (Å²) in [6.07, 6.45) is 9.82. The largest absolute Gasteiger partial charge is 0.442 e. The second-order valence-corrected chi connectivity index (χ2v) is 9.36. The van der Waals surface area contributed by atoms with Crippen molar-refractivity contribution in [2.75, 3.05) is 0 Å². The first-order valence-corrected chi connectivity index (χ1v) is 10.8. The summed E-state index contributed by atoms with van der Waals surface area (Å²) >= 11 is 0. The molecule has 1 aliphatic carbocycles. The van der Waals surface area contributed by atoms with Gasteiger partial charge in [-0.25, -0.2) is 4.79 Å². The number of ether oxygens (including phenoxy) is 1. The van der Waals surface area contributed by atoms with Crippen molar-refractivity contribution < 1.29 is 9.53 Å². The van der Waals surface area contributed by atoms with Crippen molar-refractivity contribution in [3.8, 4) is 17.2 Å². The van der Waals surface area contributed by atoms with Crippen molar-refractivity contribution >= 4 is 26.5 Å². The summed E-state index contributed by atoms with van der Waals surface area (Å²) in [4.78, 5) is 13.9. The monoisotopic (exact) mass is 387 g/mol. The predicted molar refractivity (Wildman–Crippen MR) is 117 cm³/mol. The van der Waals surface area contributed by atoms with Crippen LogP contribution in [0, 0.1) is 18.3 Å². The van der Waals surface area contributed by atoms with Crippen LogP contribution in [-0.4, -0.2) is 11.6 Å². The number of hydrogen-bond acceptors (Lipinski definition) is 2. The Bertz CT molecular complexity index is 1100. The second-order valence-electron chi connectivity index (χ2n) is 7.50. The highest BCUT2D eigenvalue weighted by Gasteiger charge is 2.37. The minimum absolute atomic E-state index is 0.0716. The molecule has 0 aliphatic heterocycles. The Morgan fingerprint density at radius 2 is 1.93 bits per heavy atom. The standard InChI is InChI=1S/C25H23O2S/c1-4-25(3,21-12-9-18(2)17-21)27-24(26)20-10-13-22(14-11-20)28-16-15-19-7-5-6-8-23(19)28/h1,5-8,10-11,13-17,21H,9,12H2,2-3H3/q+1. The maximum absolute atomic E-state index is 12.7. The molecule has 1 heterocycles. The lowest BCUT2D eigenvalue weighted by molar-refractivity contribution is -0.000692. The highest BCUT2D eigenvalue weighted by atomic mass is 32.2. The van der Waals surface area contributed by atoms with Crippen LogP contribution in [0.2, 0.25) is 0 Å². The first-order valence-electron chi connectivity index (χ1n) is 9.49. The van der Waals surface area contributed by atoms with E-state index < -0.39 is 5.60 Å². The third-order valence-electron chi connectivity index (χ3n) is 5.52. The number of rotatable bonds is 4. The van der Waals surface area contributed by atoms with Gasteiger partial charge in [-0.2, -0.15) is 0 Å². The van der Waals surface area contributed by atoms with Crippen LogP contribution in [0.15, 0.2) is 71.6 Å². The molecule has 0 radical (unpaired) electrons. The molecule has 3 heteroatoms. The Morgan fingerprint density at radius 3 is 2.61 bits per heavy atom. The number of fused-ring (bicyclic) bond motifs is 1. The zero-order valence-corrected chi connectivity index (χ0v) is 17.0. The first-order chi connectivity index (χ1) is 13.5. The fourth-order valence-corrected chi connectivity index (χ4v) is 5.65. The number of benzene rings is 2. The summed E-state index contributed by atoms with van der Waals surface area (Å²) in [7, 11) is -0.0865. The summed E-state index contributed by atoms with van der Waals surface area (Å²) in [5, 5.41) is 3.49. The van der Waals surface area contributed by atoms with Crippen LogP contribution in [-0.2, 0) is 4.74 Å². The van der Waals surface area contributed by atoms with E-state index in [-0.39, 0.29) is 22.4 Å². The van der Waals surface area contributed by atoms with Gasteiger partial charge < -0.3 is 4.74 Å². The zero-order valence-electron chi connectivity index (χ0n) is 16.1. The average molecular weight is 388 g/mol. The molecule has 2 aromatic carbocycles. The van der Waals surface area contributed by atoms with Gasteiger partial charge in [0.05, 0.1) is 5.56 Å². The number of hydrogen-bond donors (Lipinski definition) is 0. The number of terminal acetylenes is 1. The Hall–Kier alpha value is -2.83. The van der Waals surface area contributed by atoms with Gasteiger partial charge >= 0.3 is 5.97 Å². The minimum atomic E-state index is -0.914. The van der Waals surface area contributed by atoms with E-state index in [1.807, 2.05) is 31.2 Å². The molecule has 3 aromatic rings. The Morgan fingerprint density at radius 1 is 1.18 bits per heavy atom. The van der Waals surface area contributed by atoms with E-state index >= 15 is 0 Å². The van der Waals surface area contributed by atoms with E-state index in [2.05, 4.69) is 54.6 Å². The molecule has 0 fully saturated rings. The van der Waals surface area contributed by atoms with Crippen LogP contribution in [0.5, 0.6) is 0 Å². The van der Waals surface area contributed by atoms with Crippen LogP contribution >= 0.6 is 10.5 Å². The summed E-state index contributed by atoms with van der Waals surface area (Å²) in [6, 6.07) is 18.3. The Balaban J connectivity index is 1.55. The molecule has 0 N–H and O–H groups in total. The predicted octanol–water partition coefficient (Wildman–Crippen LogP) is 6.48. The summed E-state index contributed by atoms with van der Waals surface area (Å²) in [6.45, 7) is 3.93. The molecule has 0 saturated carbocycles. The molecule has 4 rings (SSSR count). The van der Waals surface area contributed by atoms with E-state index in [4.69, 9.17) is 11.2 Å². The number of esters is 1. The van der Waals surface area contributed by atoms with Gasteiger partial charge in [-0.05, 0) is 63.1 Å². The molecule has 3 unspecified atom stereocenters. The summed E-state index contributed by atoms with van der Waals surface area (Å²) < 4.78 is 7.12. The molecule has 2 nitrogen and oxygen atoms in total. The number of carbonyl (C=O) groups is 1. The lowest BCUT2D eigenvalue weighted by Gasteiger charge is -2.29. The summed E-state index contributed by atoms with van der Waals surface area (Å²) in [5.74, 6) is 2.42. The van der Waals surface area contributed by atoms with Crippen LogP contribution < -0.4 is 0 Å². The Labute approximate surface area is 168 Å². The normalized spacial score (nSPS) is 19.0.